The van der Waals surface area contributed by atoms with Gasteiger partial charge in [0.05, 0.1) is 13.2 Å². The van der Waals surface area contributed by atoms with E-state index in [1.54, 1.807) is 14.2 Å². The van der Waals surface area contributed by atoms with Gasteiger partial charge < -0.3 is 18.9 Å². The van der Waals surface area contributed by atoms with E-state index in [1.807, 2.05) is 31.3 Å². The minimum atomic E-state index is -0.393. The topological polar surface area (TPSA) is 57.2 Å². The van der Waals surface area contributed by atoms with Crippen LogP contribution >= 0.6 is 0 Å². The van der Waals surface area contributed by atoms with Crippen LogP contribution in [0.5, 0.6) is 5.75 Å². The number of carbonyl (C=O) groups is 1. The molecular formula is C17H25NO5. The Morgan fingerprint density at radius 2 is 1.83 bits per heavy atom. The molecule has 6 heteroatoms. The Labute approximate surface area is 137 Å². The Kier molecular flexibility index (Phi) is 5.98. The van der Waals surface area contributed by atoms with Gasteiger partial charge in [0.2, 0.25) is 0 Å². The van der Waals surface area contributed by atoms with E-state index in [0.717, 1.165) is 11.3 Å². The highest BCUT2D eigenvalue weighted by Gasteiger charge is 2.48. The van der Waals surface area contributed by atoms with Crippen LogP contribution in [0.4, 0.5) is 0 Å². The molecule has 1 aromatic rings. The lowest BCUT2D eigenvalue weighted by atomic mass is 10.0. The van der Waals surface area contributed by atoms with Gasteiger partial charge in [-0.25, -0.2) is 0 Å². The predicted molar refractivity (Wildman–Crippen MR) is 85.3 cm³/mol. The Balaban J connectivity index is 2.30. The van der Waals surface area contributed by atoms with Crippen molar-refractivity contribution < 1.29 is 23.7 Å². The summed E-state index contributed by atoms with van der Waals surface area (Å²) in [4.78, 5) is 13.7. The van der Waals surface area contributed by atoms with Gasteiger partial charge in [0.15, 0.2) is 0 Å². The average Bonchev–Trinajstić information content (AvgIpc) is 2.76. The molecule has 0 radical (unpaired) electrons. The fraction of sp³-hybridized carbons (Fsp3) is 0.588. The number of carbonyl (C=O) groups excluding carboxylic acids is 1. The maximum absolute atomic E-state index is 11.6. The van der Waals surface area contributed by atoms with Crippen LogP contribution in [0.25, 0.3) is 0 Å². The second kappa shape index (κ2) is 7.77. The molecule has 0 saturated carbocycles. The van der Waals surface area contributed by atoms with Crippen molar-refractivity contribution >= 4 is 5.97 Å². The fourth-order valence-corrected chi connectivity index (χ4v) is 3.10. The molecule has 23 heavy (non-hydrogen) atoms. The maximum Gasteiger partial charge on any atom is 0.303 e. The van der Waals surface area contributed by atoms with Crippen molar-refractivity contribution in [3.8, 4) is 5.75 Å². The van der Waals surface area contributed by atoms with E-state index in [2.05, 4.69) is 11.8 Å². The van der Waals surface area contributed by atoms with Crippen LogP contribution in [0.3, 0.4) is 0 Å². The summed E-state index contributed by atoms with van der Waals surface area (Å²) in [7, 11) is 5.21. The molecule has 2 rings (SSSR count). The Morgan fingerprint density at radius 1 is 1.17 bits per heavy atom. The highest BCUT2D eigenvalue weighted by atomic mass is 16.7. The number of methoxy groups -OCH3 is 2. The molecule has 0 aliphatic carbocycles. The number of ether oxygens (including phenoxy) is 4. The molecule has 128 valence electrons. The summed E-state index contributed by atoms with van der Waals surface area (Å²) in [6, 6.07) is 7.79. The summed E-state index contributed by atoms with van der Waals surface area (Å²) in [6.07, 6.45) is -0.646. The minimum Gasteiger partial charge on any atom is -0.497 e. The molecule has 1 aliphatic heterocycles. The number of likely N-dealkylation sites (tertiary alicyclic amines) is 1. The molecule has 1 heterocycles. The van der Waals surface area contributed by atoms with E-state index in [4.69, 9.17) is 18.9 Å². The Bertz CT molecular complexity index is 518. The number of esters is 1. The van der Waals surface area contributed by atoms with Crippen molar-refractivity contribution in [3.05, 3.63) is 29.8 Å². The molecule has 0 unspecified atom stereocenters. The van der Waals surface area contributed by atoms with Gasteiger partial charge in [-0.2, -0.15) is 0 Å². The zero-order valence-electron chi connectivity index (χ0n) is 14.3. The minimum absolute atomic E-state index is 0.0818. The largest absolute Gasteiger partial charge is 0.497 e. The molecule has 0 bridgehead atoms. The van der Waals surface area contributed by atoms with E-state index in [9.17, 15) is 4.79 Å². The summed E-state index contributed by atoms with van der Waals surface area (Å²) >= 11 is 0. The monoisotopic (exact) mass is 323 g/mol. The van der Waals surface area contributed by atoms with Crippen molar-refractivity contribution in [2.75, 3.05) is 28.1 Å². The molecule has 0 N–H and O–H groups in total. The maximum atomic E-state index is 11.6. The molecule has 4 atom stereocenters. The summed E-state index contributed by atoms with van der Waals surface area (Å²) in [5, 5.41) is 0. The average molecular weight is 323 g/mol. The summed E-state index contributed by atoms with van der Waals surface area (Å²) in [5.41, 5.74) is 1.05. The summed E-state index contributed by atoms with van der Waals surface area (Å²) in [5.74, 6) is 0.473. The number of rotatable bonds is 6. The van der Waals surface area contributed by atoms with Gasteiger partial charge in [-0.05, 0) is 31.7 Å². The van der Waals surface area contributed by atoms with Crippen LogP contribution in [0.2, 0.25) is 0 Å². The van der Waals surface area contributed by atoms with Crippen molar-refractivity contribution in [1.29, 1.82) is 0 Å². The van der Waals surface area contributed by atoms with Gasteiger partial charge >= 0.3 is 5.97 Å². The lowest BCUT2D eigenvalue weighted by Crippen LogP contribution is -2.36. The van der Waals surface area contributed by atoms with Crippen LogP contribution < -0.4 is 4.74 Å². The van der Waals surface area contributed by atoms with Gasteiger partial charge in [-0.3, -0.25) is 9.69 Å². The third-order valence-electron chi connectivity index (χ3n) is 4.33. The van der Waals surface area contributed by atoms with Gasteiger partial charge in [-0.1, -0.05) is 12.1 Å². The van der Waals surface area contributed by atoms with E-state index < -0.39 is 6.10 Å². The van der Waals surface area contributed by atoms with Gasteiger partial charge in [-0.15, -0.1) is 0 Å². The number of benzene rings is 1. The molecule has 0 spiro atoms. The van der Waals surface area contributed by atoms with Crippen LogP contribution in [-0.2, 0) is 19.0 Å². The summed E-state index contributed by atoms with van der Waals surface area (Å²) < 4.78 is 21.6. The van der Waals surface area contributed by atoms with Crippen molar-refractivity contribution in [1.82, 2.24) is 4.90 Å². The second-order valence-electron chi connectivity index (χ2n) is 5.74. The first-order chi connectivity index (χ1) is 11.0. The zero-order chi connectivity index (χ0) is 17.0. The highest BCUT2D eigenvalue weighted by molar-refractivity contribution is 5.66. The van der Waals surface area contributed by atoms with Crippen LogP contribution in [0, 0.1) is 0 Å². The van der Waals surface area contributed by atoms with Gasteiger partial charge in [0.25, 0.3) is 0 Å². The first kappa shape index (κ1) is 17.7. The highest BCUT2D eigenvalue weighted by Crippen LogP contribution is 2.39. The fourth-order valence-electron chi connectivity index (χ4n) is 3.10. The number of nitrogens with zero attached hydrogens (tertiary/aromatic N) is 1. The van der Waals surface area contributed by atoms with Crippen LogP contribution in [0.1, 0.15) is 25.5 Å². The standard InChI is InChI=1S/C17H25NO5/c1-11-16(22-10-20-4)17(23-12(2)19)15(18(11)3)13-6-8-14(21-5)9-7-13/h6-9,11,15-17H,10H2,1-5H3/t11-,15-,16-,17-/m1/s1. The quantitative estimate of drug-likeness (QED) is 0.589. The van der Waals surface area contributed by atoms with E-state index in [-0.39, 0.29) is 30.9 Å². The van der Waals surface area contributed by atoms with Crippen LogP contribution in [0.15, 0.2) is 24.3 Å². The first-order valence-electron chi connectivity index (χ1n) is 7.63. The molecule has 6 nitrogen and oxygen atoms in total. The Hall–Kier alpha value is -1.63. The molecule has 0 amide bonds. The molecule has 1 saturated heterocycles. The van der Waals surface area contributed by atoms with Crippen LogP contribution in [-0.4, -0.2) is 57.2 Å². The predicted octanol–water partition coefficient (Wildman–Crippen LogP) is 1.99. The molecule has 1 aliphatic rings. The zero-order valence-corrected chi connectivity index (χ0v) is 14.3. The van der Waals surface area contributed by atoms with E-state index in [1.165, 1.54) is 6.92 Å². The van der Waals surface area contributed by atoms with Crippen molar-refractivity contribution in [3.63, 3.8) is 0 Å². The smallest absolute Gasteiger partial charge is 0.303 e. The first-order valence-corrected chi connectivity index (χ1v) is 7.63. The summed E-state index contributed by atoms with van der Waals surface area (Å²) in [6.45, 7) is 3.64. The SMILES string of the molecule is COCO[C@H]1[C@H](OC(C)=O)[C@@H](c2ccc(OC)cc2)N(C)[C@@H]1C. The van der Waals surface area contributed by atoms with Crippen molar-refractivity contribution in [2.45, 2.75) is 38.1 Å². The number of hydrogen-bond acceptors (Lipinski definition) is 6. The van der Waals surface area contributed by atoms with E-state index in [0.29, 0.717) is 0 Å². The molecule has 0 aromatic heterocycles. The molecule has 1 fully saturated rings. The molecular weight excluding hydrogens is 298 g/mol. The lowest BCUT2D eigenvalue weighted by Gasteiger charge is -2.26. The number of hydrogen-bond donors (Lipinski definition) is 0. The van der Waals surface area contributed by atoms with Gasteiger partial charge in [0.1, 0.15) is 24.8 Å². The lowest BCUT2D eigenvalue weighted by molar-refractivity contribution is -0.161. The molecule has 1 aromatic carbocycles. The normalized spacial score (nSPS) is 27.9. The van der Waals surface area contributed by atoms with Gasteiger partial charge in [0, 0.05) is 20.1 Å². The van der Waals surface area contributed by atoms with E-state index >= 15 is 0 Å². The number of likely N-dealkylation sites (N-methyl/N-ethyl adjacent to an activating group) is 1. The third kappa shape index (κ3) is 3.83. The second-order valence-corrected chi connectivity index (χ2v) is 5.74. The Morgan fingerprint density at radius 3 is 2.35 bits per heavy atom. The van der Waals surface area contributed by atoms with Crippen molar-refractivity contribution in [2.24, 2.45) is 0 Å². The third-order valence-corrected chi connectivity index (χ3v) is 4.33.